The van der Waals surface area contributed by atoms with Crippen molar-refractivity contribution < 1.29 is 9.47 Å². The number of rotatable bonds is 5. The van der Waals surface area contributed by atoms with E-state index in [1.54, 1.807) is 11.3 Å². The predicted molar refractivity (Wildman–Crippen MR) is 146 cm³/mol. The van der Waals surface area contributed by atoms with Gasteiger partial charge in [-0.05, 0) is 25.0 Å². The molecule has 0 aliphatic carbocycles. The van der Waals surface area contributed by atoms with Gasteiger partial charge in [0.15, 0.2) is 11.6 Å². The molecule has 0 spiro atoms. The van der Waals surface area contributed by atoms with Crippen LogP contribution in [-0.2, 0) is 16.0 Å². The molecule has 3 saturated heterocycles. The second-order valence-corrected chi connectivity index (χ2v) is 11.2. The van der Waals surface area contributed by atoms with E-state index in [0.29, 0.717) is 19.3 Å². The van der Waals surface area contributed by atoms with E-state index in [9.17, 15) is 0 Å². The van der Waals surface area contributed by atoms with Crippen LogP contribution in [0.15, 0.2) is 30.5 Å². The fourth-order valence-electron chi connectivity index (χ4n) is 5.89. The lowest BCUT2D eigenvalue weighted by Gasteiger charge is -2.39. The van der Waals surface area contributed by atoms with Gasteiger partial charge in [0.25, 0.3) is 0 Å². The smallest absolute Gasteiger partial charge is 0.163 e. The molecule has 0 saturated carbocycles. The number of aromatic amines is 1. The molecule has 194 valence electrons. The lowest BCUT2D eigenvalue weighted by molar-refractivity contribution is 0.000231. The summed E-state index contributed by atoms with van der Waals surface area (Å²) >= 11 is 1.72. The summed E-state index contributed by atoms with van der Waals surface area (Å²) in [6.07, 6.45) is 4.41. The Morgan fingerprint density at radius 3 is 2.49 bits per heavy atom. The van der Waals surface area contributed by atoms with Gasteiger partial charge >= 0.3 is 0 Å². The molecule has 6 heterocycles. The van der Waals surface area contributed by atoms with Crippen molar-refractivity contribution in [1.29, 1.82) is 0 Å². The summed E-state index contributed by atoms with van der Waals surface area (Å²) in [5, 5.41) is 2.27. The molecule has 0 bridgehead atoms. The van der Waals surface area contributed by atoms with E-state index in [4.69, 9.17) is 24.4 Å². The number of nitrogens with zero attached hydrogens (tertiary/aromatic N) is 6. The number of hydrogen-bond acceptors (Lipinski definition) is 9. The monoisotopic (exact) mass is 519 g/mol. The number of likely N-dealkylation sites (tertiary alicyclic amines) is 1. The van der Waals surface area contributed by atoms with Gasteiger partial charge < -0.3 is 19.4 Å². The third-order valence-electron chi connectivity index (χ3n) is 7.91. The molecule has 1 N–H and O–H groups in total. The quantitative estimate of drug-likeness (QED) is 0.430. The van der Waals surface area contributed by atoms with E-state index in [-0.39, 0.29) is 0 Å². The molecule has 3 aliphatic rings. The lowest BCUT2D eigenvalue weighted by atomic mass is 10.0. The molecule has 3 aromatic heterocycles. The maximum absolute atomic E-state index is 5.63. The van der Waals surface area contributed by atoms with Crippen molar-refractivity contribution in [1.82, 2.24) is 29.7 Å². The zero-order chi connectivity index (χ0) is 24.6. The molecule has 37 heavy (non-hydrogen) atoms. The Morgan fingerprint density at radius 2 is 1.68 bits per heavy atom. The van der Waals surface area contributed by atoms with Crippen LogP contribution in [0.4, 0.5) is 5.82 Å². The number of morpholine rings is 2. The van der Waals surface area contributed by atoms with E-state index in [0.717, 1.165) is 102 Å². The predicted octanol–water partition coefficient (Wildman–Crippen LogP) is 3.37. The van der Waals surface area contributed by atoms with Gasteiger partial charge in [0, 0.05) is 68.0 Å². The highest BCUT2D eigenvalue weighted by Gasteiger charge is 2.27. The van der Waals surface area contributed by atoms with Crippen molar-refractivity contribution in [2.75, 3.05) is 70.6 Å². The summed E-state index contributed by atoms with van der Waals surface area (Å²) < 4.78 is 11.2. The minimum absolute atomic E-state index is 0.688. The van der Waals surface area contributed by atoms with Gasteiger partial charge in [-0.3, -0.25) is 9.80 Å². The first-order chi connectivity index (χ1) is 18.3. The molecule has 0 radical (unpaired) electrons. The molecule has 0 atom stereocenters. The zero-order valence-corrected chi connectivity index (χ0v) is 21.9. The normalized spacial score (nSPS) is 20.8. The second-order valence-electron chi connectivity index (χ2n) is 10.1. The highest BCUT2D eigenvalue weighted by Crippen LogP contribution is 2.34. The van der Waals surface area contributed by atoms with Crippen molar-refractivity contribution in [3.05, 3.63) is 35.5 Å². The maximum atomic E-state index is 5.63. The molecule has 3 fully saturated rings. The molecule has 0 amide bonds. The molecule has 7 rings (SSSR count). The molecule has 4 aromatic rings. The topological polar surface area (TPSA) is 82.6 Å². The van der Waals surface area contributed by atoms with Crippen LogP contribution in [-0.4, -0.2) is 101 Å². The second kappa shape index (κ2) is 10.3. The molecule has 10 heteroatoms. The standard InChI is InChI=1S/C27H33N7O2S/c1-2-21(20-4-7-28-22(20)3-1)25-30-26(34-12-16-36-17-13-34)24-27(31-25)37-23(29-24)18-32-8-5-19(6-9-32)33-10-14-35-15-11-33/h1-4,7,19,28H,5-6,8-18H2. The van der Waals surface area contributed by atoms with Crippen LogP contribution in [0.5, 0.6) is 0 Å². The Morgan fingerprint density at radius 1 is 0.892 bits per heavy atom. The number of hydrogen-bond donors (Lipinski definition) is 1. The minimum Gasteiger partial charge on any atom is -0.379 e. The van der Waals surface area contributed by atoms with Crippen molar-refractivity contribution in [3.8, 4) is 11.4 Å². The Balaban J connectivity index is 1.17. The summed E-state index contributed by atoms with van der Waals surface area (Å²) in [7, 11) is 0. The van der Waals surface area contributed by atoms with Crippen molar-refractivity contribution in [2.24, 2.45) is 0 Å². The van der Waals surface area contributed by atoms with Crippen LogP contribution in [0.25, 0.3) is 32.6 Å². The number of H-pyrrole nitrogens is 1. The van der Waals surface area contributed by atoms with Crippen LogP contribution in [0, 0.1) is 0 Å². The van der Waals surface area contributed by atoms with Crippen molar-refractivity contribution in [3.63, 3.8) is 0 Å². The Labute approximate surface area is 220 Å². The number of thiazole rings is 1. The number of aromatic nitrogens is 4. The first-order valence-corrected chi connectivity index (χ1v) is 14.2. The SMILES string of the molecule is c1cc(-c2nc(N3CCOCC3)c3nc(CN4CCC(N5CCOCC5)CC4)sc3n2)c2cc[nH]c2c1. The van der Waals surface area contributed by atoms with Crippen molar-refractivity contribution in [2.45, 2.75) is 25.4 Å². The summed E-state index contributed by atoms with van der Waals surface area (Å²) in [6.45, 7) is 10.1. The third kappa shape index (κ3) is 4.72. The molecular formula is C27H33N7O2S. The number of fused-ring (bicyclic) bond motifs is 2. The summed E-state index contributed by atoms with van der Waals surface area (Å²) in [5.41, 5.74) is 3.07. The van der Waals surface area contributed by atoms with Crippen LogP contribution in [0.3, 0.4) is 0 Å². The van der Waals surface area contributed by atoms with E-state index < -0.39 is 0 Å². The van der Waals surface area contributed by atoms with Crippen molar-refractivity contribution >= 4 is 38.4 Å². The Kier molecular flexibility index (Phi) is 6.51. The third-order valence-corrected chi connectivity index (χ3v) is 8.84. The summed E-state index contributed by atoms with van der Waals surface area (Å²) in [6, 6.07) is 9.06. The number of ether oxygens (including phenoxy) is 2. The average molecular weight is 520 g/mol. The van der Waals surface area contributed by atoms with Gasteiger partial charge in [0.05, 0.1) is 33.0 Å². The van der Waals surface area contributed by atoms with Crippen LogP contribution >= 0.6 is 11.3 Å². The van der Waals surface area contributed by atoms with E-state index in [1.807, 2.05) is 6.20 Å². The molecular weight excluding hydrogens is 486 g/mol. The molecule has 1 aromatic carbocycles. The first-order valence-electron chi connectivity index (χ1n) is 13.4. The van der Waals surface area contributed by atoms with E-state index in [2.05, 4.69) is 43.9 Å². The lowest BCUT2D eigenvalue weighted by Crippen LogP contribution is -2.48. The highest BCUT2D eigenvalue weighted by atomic mass is 32.1. The number of nitrogens with one attached hydrogen (secondary N) is 1. The first kappa shape index (κ1) is 23.5. The van der Waals surface area contributed by atoms with Gasteiger partial charge in [-0.1, -0.05) is 23.5 Å². The number of anilines is 1. The largest absolute Gasteiger partial charge is 0.379 e. The van der Waals surface area contributed by atoms with Crippen LogP contribution in [0.1, 0.15) is 17.8 Å². The summed E-state index contributed by atoms with van der Waals surface area (Å²) in [4.78, 5) is 27.0. The van der Waals surface area contributed by atoms with Gasteiger partial charge in [0.2, 0.25) is 0 Å². The van der Waals surface area contributed by atoms with E-state index in [1.165, 1.54) is 12.8 Å². The maximum Gasteiger partial charge on any atom is 0.163 e. The zero-order valence-electron chi connectivity index (χ0n) is 21.1. The Bertz CT molecular complexity index is 1370. The molecule has 3 aliphatic heterocycles. The Hall–Kier alpha value is -2.63. The minimum atomic E-state index is 0.688. The van der Waals surface area contributed by atoms with Crippen LogP contribution < -0.4 is 4.90 Å². The van der Waals surface area contributed by atoms with Gasteiger partial charge in [-0.25, -0.2) is 15.0 Å². The van der Waals surface area contributed by atoms with Gasteiger partial charge in [0.1, 0.15) is 15.4 Å². The summed E-state index contributed by atoms with van der Waals surface area (Å²) in [5.74, 6) is 1.70. The number of benzene rings is 1. The fourth-order valence-corrected chi connectivity index (χ4v) is 6.86. The highest BCUT2D eigenvalue weighted by molar-refractivity contribution is 7.18. The molecule has 0 unspecified atom stereocenters. The van der Waals surface area contributed by atoms with Crippen LogP contribution in [0.2, 0.25) is 0 Å². The fraction of sp³-hybridized carbons (Fsp3) is 0.519. The van der Waals surface area contributed by atoms with Gasteiger partial charge in [-0.2, -0.15) is 0 Å². The average Bonchev–Trinajstić information content (AvgIpc) is 3.60. The number of piperidine rings is 1. The molecule has 9 nitrogen and oxygen atoms in total. The van der Waals surface area contributed by atoms with Gasteiger partial charge in [-0.15, -0.1) is 0 Å². The van der Waals surface area contributed by atoms with E-state index >= 15 is 0 Å².